The fourth-order valence-corrected chi connectivity index (χ4v) is 3.28. The van der Waals surface area contributed by atoms with Crippen LogP contribution in [0.2, 0.25) is 0 Å². The van der Waals surface area contributed by atoms with E-state index in [9.17, 15) is 4.79 Å². The van der Waals surface area contributed by atoms with E-state index in [1.165, 1.54) is 5.56 Å². The third-order valence-electron chi connectivity index (χ3n) is 4.64. The Labute approximate surface area is 132 Å². The van der Waals surface area contributed by atoms with Crippen molar-refractivity contribution in [3.63, 3.8) is 0 Å². The number of aliphatic imine (C=N–C) groups is 1. The van der Waals surface area contributed by atoms with Gasteiger partial charge in [0.05, 0.1) is 0 Å². The highest BCUT2D eigenvalue weighted by Crippen LogP contribution is 2.17. The highest BCUT2D eigenvalue weighted by atomic mass is 16.1. The van der Waals surface area contributed by atoms with Gasteiger partial charge in [-0.1, -0.05) is 37.3 Å². The van der Waals surface area contributed by atoms with E-state index >= 15 is 0 Å². The summed E-state index contributed by atoms with van der Waals surface area (Å²) in [7, 11) is 0. The van der Waals surface area contributed by atoms with E-state index in [1.807, 2.05) is 6.92 Å². The van der Waals surface area contributed by atoms with Crippen molar-refractivity contribution < 1.29 is 4.79 Å². The number of carbonyl (C=O) groups excluding carboxylic acids is 1. The van der Waals surface area contributed by atoms with Crippen LogP contribution in [0.5, 0.6) is 0 Å². The molecule has 0 aliphatic carbocycles. The minimum Gasteiger partial charge on any atom is -0.358 e. The molecular formula is C18H25N3O. The zero-order chi connectivity index (χ0) is 15.4. The van der Waals surface area contributed by atoms with Crippen molar-refractivity contribution in [2.45, 2.75) is 38.8 Å². The smallest absolute Gasteiger partial charge is 0.157 e. The van der Waals surface area contributed by atoms with Crippen molar-refractivity contribution in [1.29, 1.82) is 0 Å². The van der Waals surface area contributed by atoms with Gasteiger partial charge in [0.2, 0.25) is 0 Å². The Kier molecular flexibility index (Phi) is 4.88. The Morgan fingerprint density at radius 2 is 1.82 bits per heavy atom. The van der Waals surface area contributed by atoms with Gasteiger partial charge >= 0.3 is 0 Å². The number of piperazine rings is 1. The van der Waals surface area contributed by atoms with E-state index in [4.69, 9.17) is 0 Å². The highest BCUT2D eigenvalue weighted by Gasteiger charge is 2.26. The zero-order valence-corrected chi connectivity index (χ0v) is 13.4. The average Bonchev–Trinajstić information content (AvgIpc) is 2.57. The Bertz CT molecular complexity index is 533. The molecule has 0 radical (unpaired) electrons. The first-order chi connectivity index (χ1) is 10.8. The first kappa shape index (κ1) is 15.2. The van der Waals surface area contributed by atoms with Crippen LogP contribution in [0.4, 0.5) is 0 Å². The van der Waals surface area contributed by atoms with Gasteiger partial charge in [0, 0.05) is 45.6 Å². The molecule has 22 heavy (non-hydrogen) atoms. The van der Waals surface area contributed by atoms with E-state index in [-0.39, 0.29) is 6.04 Å². The lowest BCUT2D eigenvalue weighted by atomic mass is 10.0. The summed E-state index contributed by atoms with van der Waals surface area (Å²) >= 11 is 0. The monoisotopic (exact) mass is 299 g/mol. The molecule has 0 saturated carbocycles. The standard InChI is InChI=1S/C18H25N3O/c1-2-16-17(22)8-9-18(19-16)21-12-10-20(11-13-21)14-15-6-4-3-5-7-15/h3-7,16H,2,8-14H2,1H3. The summed E-state index contributed by atoms with van der Waals surface area (Å²) in [6.07, 6.45) is 2.33. The summed E-state index contributed by atoms with van der Waals surface area (Å²) in [5.74, 6) is 1.47. The molecule has 3 rings (SSSR count). The topological polar surface area (TPSA) is 35.9 Å². The van der Waals surface area contributed by atoms with Gasteiger partial charge in [0.1, 0.15) is 11.9 Å². The molecule has 1 atom stereocenters. The molecular weight excluding hydrogens is 274 g/mol. The fraction of sp³-hybridized carbons (Fsp3) is 0.556. The minimum absolute atomic E-state index is 0.0916. The van der Waals surface area contributed by atoms with Crippen LogP contribution >= 0.6 is 0 Å². The van der Waals surface area contributed by atoms with Gasteiger partial charge in [0.15, 0.2) is 5.78 Å². The van der Waals surface area contributed by atoms with Gasteiger partial charge in [-0.3, -0.25) is 14.7 Å². The Morgan fingerprint density at radius 3 is 2.50 bits per heavy atom. The number of carbonyl (C=O) groups is 1. The van der Waals surface area contributed by atoms with Crippen molar-refractivity contribution >= 4 is 11.6 Å². The normalized spacial score (nSPS) is 23.5. The molecule has 1 saturated heterocycles. The third-order valence-corrected chi connectivity index (χ3v) is 4.64. The molecule has 118 valence electrons. The molecule has 1 unspecified atom stereocenters. The van der Waals surface area contributed by atoms with Crippen molar-refractivity contribution in [2.24, 2.45) is 4.99 Å². The van der Waals surface area contributed by atoms with E-state index in [0.29, 0.717) is 12.2 Å². The first-order valence-corrected chi connectivity index (χ1v) is 8.37. The number of amidine groups is 1. The SMILES string of the molecule is CCC1N=C(N2CCN(Cc3ccccc3)CC2)CCC1=O. The van der Waals surface area contributed by atoms with E-state index in [0.717, 1.165) is 51.4 Å². The van der Waals surface area contributed by atoms with Crippen LogP contribution in [-0.2, 0) is 11.3 Å². The van der Waals surface area contributed by atoms with Crippen LogP contribution in [0.25, 0.3) is 0 Å². The lowest BCUT2D eigenvalue weighted by Gasteiger charge is -2.38. The van der Waals surface area contributed by atoms with Crippen LogP contribution in [-0.4, -0.2) is 53.6 Å². The highest BCUT2D eigenvalue weighted by molar-refractivity contribution is 5.96. The summed E-state index contributed by atoms with van der Waals surface area (Å²) in [6, 6.07) is 10.6. The molecule has 0 bridgehead atoms. The van der Waals surface area contributed by atoms with Crippen LogP contribution in [0.3, 0.4) is 0 Å². The fourth-order valence-electron chi connectivity index (χ4n) is 3.28. The number of ketones is 1. The largest absolute Gasteiger partial charge is 0.358 e. The van der Waals surface area contributed by atoms with E-state index in [1.54, 1.807) is 0 Å². The first-order valence-electron chi connectivity index (χ1n) is 8.37. The molecule has 2 heterocycles. The van der Waals surface area contributed by atoms with Gasteiger partial charge in [-0.25, -0.2) is 0 Å². The Hall–Kier alpha value is -1.68. The number of rotatable bonds is 3. The maximum atomic E-state index is 11.8. The average molecular weight is 299 g/mol. The second-order valence-corrected chi connectivity index (χ2v) is 6.18. The van der Waals surface area contributed by atoms with E-state index in [2.05, 4.69) is 45.1 Å². The summed E-state index contributed by atoms with van der Waals surface area (Å²) in [4.78, 5) is 21.3. The maximum Gasteiger partial charge on any atom is 0.157 e. The predicted molar refractivity (Wildman–Crippen MR) is 89.0 cm³/mol. The van der Waals surface area contributed by atoms with Gasteiger partial charge in [-0.2, -0.15) is 0 Å². The quantitative estimate of drug-likeness (QED) is 0.859. The van der Waals surface area contributed by atoms with Crippen LogP contribution in [0.1, 0.15) is 31.7 Å². The summed E-state index contributed by atoms with van der Waals surface area (Å²) in [5, 5.41) is 0. The Balaban J connectivity index is 1.54. The molecule has 0 N–H and O–H groups in total. The number of nitrogens with zero attached hydrogens (tertiary/aromatic N) is 3. The van der Waals surface area contributed by atoms with Gasteiger partial charge in [-0.05, 0) is 12.0 Å². The number of hydrogen-bond acceptors (Lipinski definition) is 4. The molecule has 2 aliphatic rings. The molecule has 1 aromatic carbocycles. The van der Waals surface area contributed by atoms with Crippen LogP contribution in [0, 0.1) is 0 Å². The Morgan fingerprint density at radius 1 is 1.09 bits per heavy atom. The second-order valence-electron chi connectivity index (χ2n) is 6.18. The van der Waals surface area contributed by atoms with Gasteiger partial charge in [0.25, 0.3) is 0 Å². The van der Waals surface area contributed by atoms with Crippen molar-refractivity contribution in [3.8, 4) is 0 Å². The summed E-state index contributed by atoms with van der Waals surface area (Å²) in [5.41, 5.74) is 1.38. The van der Waals surface area contributed by atoms with Crippen LogP contribution in [0.15, 0.2) is 35.3 Å². The summed E-state index contributed by atoms with van der Waals surface area (Å²) in [6.45, 7) is 7.26. The maximum absolute atomic E-state index is 11.8. The molecule has 4 heteroatoms. The lowest BCUT2D eigenvalue weighted by Crippen LogP contribution is -2.49. The van der Waals surface area contributed by atoms with Crippen molar-refractivity contribution in [1.82, 2.24) is 9.80 Å². The number of benzene rings is 1. The second kappa shape index (κ2) is 7.05. The van der Waals surface area contributed by atoms with Crippen molar-refractivity contribution in [3.05, 3.63) is 35.9 Å². The number of Topliss-reactive ketones (excluding diaryl/α,β-unsaturated/α-hetero) is 1. The number of hydrogen-bond donors (Lipinski definition) is 0. The van der Waals surface area contributed by atoms with Gasteiger partial charge in [-0.15, -0.1) is 0 Å². The minimum atomic E-state index is -0.0916. The molecule has 0 spiro atoms. The lowest BCUT2D eigenvalue weighted by molar-refractivity contribution is -0.120. The molecule has 4 nitrogen and oxygen atoms in total. The molecule has 1 aromatic rings. The molecule has 2 aliphatic heterocycles. The predicted octanol–water partition coefficient (Wildman–Crippen LogP) is 2.34. The van der Waals surface area contributed by atoms with Gasteiger partial charge < -0.3 is 4.90 Å². The van der Waals surface area contributed by atoms with E-state index < -0.39 is 0 Å². The van der Waals surface area contributed by atoms with Crippen molar-refractivity contribution in [2.75, 3.05) is 26.2 Å². The molecule has 1 fully saturated rings. The summed E-state index contributed by atoms with van der Waals surface area (Å²) < 4.78 is 0. The molecule has 0 aromatic heterocycles. The van der Waals surface area contributed by atoms with Crippen LogP contribution < -0.4 is 0 Å². The zero-order valence-electron chi connectivity index (χ0n) is 13.4. The third kappa shape index (κ3) is 3.55. The molecule has 0 amide bonds.